The van der Waals surface area contributed by atoms with Gasteiger partial charge >= 0.3 is 17.9 Å². The summed E-state index contributed by atoms with van der Waals surface area (Å²) in [5.41, 5.74) is 0. The number of carbonyl (C=O) groups is 3. The average molecular weight is 769 g/mol. The van der Waals surface area contributed by atoms with E-state index >= 15 is 0 Å². The highest BCUT2D eigenvalue weighted by molar-refractivity contribution is 5.71. The van der Waals surface area contributed by atoms with Crippen LogP contribution in [-0.2, 0) is 28.6 Å². The minimum Gasteiger partial charge on any atom is -0.462 e. The lowest BCUT2D eigenvalue weighted by Crippen LogP contribution is -2.30. The van der Waals surface area contributed by atoms with E-state index in [2.05, 4.69) is 69.4 Å². The maximum Gasteiger partial charge on any atom is 0.306 e. The predicted molar refractivity (Wildman–Crippen MR) is 233 cm³/mol. The summed E-state index contributed by atoms with van der Waals surface area (Å²) in [5.74, 6) is -0.986. The summed E-state index contributed by atoms with van der Waals surface area (Å²) >= 11 is 0. The molecular formula is C49H84O6. The van der Waals surface area contributed by atoms with Gasteiger partial charge in [0.2, 0.25) is 0 Å². The Morgan fingerprint density at radius 3 is 1.11 bits per heavy atom. The molecule has 1 unspecified atom stereocenters. The van der Waals surface area contributed by atoms with Crippen LogP contribution in [0.5, 0.6) is 0 Å². The van der Waals surface area contributed by atoms with Gasteiger partial charge in [0, 0.05) is 19.3 Å². The van der Waals surface area contributed by atoms with Gasteiger partial charge in [-0.1, -0.05) is 204 Å². The highest BCUT2D eigenvalue weighted by Crippen LogP contribution is 2.14. The van der Waals surface area contributed by atoms with Gasteiger partial charge in [-0.05, 0) is 51.4 Å². The van der Waals surface area contributed by atoms with Crippen LogP contribution in [0.15, 0.2) is 60.8 Å². The standard InChI is InChI=1S/C49H84O6/c1-4-7-10-13-16-19-21-23-24-25-26-28-30-33-36-39-42-48(51)54-45-46(44-53-47(50)41-38-35-32-29-18-15-12-9-6-3)55-49(52)43-40-37-34-31-27-22-20-17-14-11-8-5-2/h7,10,16,19,23-24,26,28,33,36,46H,4-6,8-9,11-15,17-18,20-22,25,27,29-32,34-35,37-45H2,1-3H3/b10-7-,19-16-,24-23-,28-26-,36-33-. The lowest BCUT2D eigenvalue weighted by molar-refractivity contribution is -0.166. The van der Waals surface area contributed by atoms with Gasteiger partial charge in [-0.25, -0.2) is 0 Å². The Morgan fingerprint density at radius 2 is 0.709 bits per heavy atom. The highest BCUT2D eigenvalue weighted by Gasteiger charge is 2.19. The molecule has 0 aliphatic heterocycles. The van der Waals surface area contributed by atoms with Gasteiger partial charge in [-0.15, -0.1) is 0 Å². The summed E-state index contributed by atoms with van der Waals surface area (Å²) in [6.07, 6.45) is 52.1. The third-order valence-corrected chi connectivity index (χ3v) is 9.55. The van der Waals surface area contributed by atoms with Crippen LogP contribution in [0, 0.1) is 0 Å². The van der Waals surface area contributed by atoms with Gasteiger partial charge in [0.25, 0.3) is 0 Å². The van der Waals surface area contributed by atoms with Gasteiger partial charge in [0.15, 0.2) is 6.10 Å². The average Bonchev–Trinajstić information content (AvgIpc) is 3.18. The van der Waals surface area contributed by atoms with Crippen molar-refractivity contribution in [1.82, 2.24) is 0 Å². The van der Waals surface area contributed by atoms with Crippen LogP contribution in [0.25, 0.3) is 0 Å². The van der Waals surface area contributed by atoms with Crippen molar-refractivity contribution in [2.75, 3.05) is 13.2 Å². The molecule has 0 saturated carbocycles. The number of hydrogen-bond acceptors (Lipinski definition) is 6. The molecule has 0 aromatic carbocycles. The number of unbranched alkanes of at least 4 members (excludes halogenated alkanes) is 19. The Kier molecular flexibility index (Phi) is 41.5. The third kappa shape index (κ3) is 42.1. The van der Waals surface area contributed by atoms with E-state index in [0.717, 1.165) is 70.6 Å². The zero-order valence-electron chi connectivity index (χ0n) is 35.9. The molecule has 0 heterocycles. The molecule has 0 aromatic heterocycles. The SMILES string of the molecule is CC/C=C\C/C=C\C/C=C\C/C=C\C/C=C\CCC(=O)OCC(COC(=O)CCCCCCCCCCC)OC(=O)CCCCCCCCCCCCCC. The lowest BCUT2D eigenvalue weighted by Gasteiger charge is -2.18. The van der Waals surface area contributed by atoms with Crippen molar-refractivity contribution in [3.63, 3.8) is 0 Å². The Labute approximate surface area is 339 Å². The highest BCUT2D eigenvalue weighted by atomic mass is 16.6. The second-order valence-corrected chi connectivity index (χ2v) is 14.9. The van der Waals surface area contributed by atoms with Gasteiger partial charge in [0.05, 0.1) is 0 Å². The monoisotopic (exact) mass is 769 g/mol. The number of carbonyl (C=O) groups excluding carboxylic acids is 3. The van der Waals surface area contributed by atoms with Crippen LogP contribution in [0.3, 0.4) is 0 Å². The minimum absolute atomic E-state index is 0.0947. The van der Waals surface area contributed by atoms with Crippen LogP contribution in [-0.4, -0.2) is 37.2 Å². The van der Waals surface area contributed by atoms with Gasteiger partial charge < -0.3 is 14.2 Å². The van der Waals surface area contributed by atoms with Gasteiger partial charge in [0.1, 0.15) is 13.2 Å². The van der Waals surface area contributed by atoms with E-state index in [1.165, 1.54) is 96.3 Å². The van der Waals surface area contributed by atoms with E-state index in [9.17, 15) is 14.4 Å². The normalized spacial score (nSPS) is 12.6. The number of hydrogen-bond donors (Lipinski definition) is 0. The number of esters is 3. The fraction of sp³-hybridized carbons (Fsp3) is 0.735. The first-order chi connectivity index (χ1) is 27.0. The Hall–Kier alpha value is -2.89. The molecule has 0 spiro atoms. The molecule has 55 heavy (non-hydrogen) atoms. The number of rotatable bonds is 40. The van der Waals surface area contributed by atoms with Crippen molar-refractivity contribution in [3.8, 4) is 0 Å². The molecule has 0 aromatic rings. The first kappa shape index (κ1) is 52.1. The molecule has 6 heteroatoms. The van der Waals surface area contributed by atoms with Crippen molar-refractivity contribution in [2.24, 2.45) is 0 Å². The van der Waals surface area contributed by atoms with Crippen molar-refractivity contribution < 1.29 is 28.6 Å². The van der Waals surface area contributed by atoms with Gasteiger partial charge in [-0.2, -0.15) is 0 Å². The molecule has 0 N–H and O–H groups in total. The van der Waals surface area contributed by atoms with Crippen molar-refractivity contribution in [1.29, 1.82) is 0 Å². The van der Waals surface area contributed by atoms with Crippen LogP contribution in [0.2, 0.25) is 0 Å². The molecule has 0 bridgehead atoms. The zero-order chi connectivity index (χ0) is 40.1. The molecule has 6 nitrogen and oxygen atoms in total. The smallest absolute Gasteiger partial charge is 0.306 e. The van der Waals surface area contributed by atoms with E-state index in [0.29, 0.717) is 19.3 Å². The van der Waals surface area contributed by atoms with Crippen LogP contribution in [0.1, 0.15) is 213 Å². The number of ether oxygens (including phenoxy) is 3. The summed E-state index contributed by atoms with van der Waals surface area (Å²) in [5, 5.41) is 0. The molecular weight excluding hydrogens is 685 g/mol. The second-order valence-electron chi connectivity index (χ2n) is 14.9. The van der Waals surface area contributed by atoms with Crippen LogP contribution >= 0.6 is 0 Å². The van der Waals surface area contributed by atoms with Gasteiger partial charge in [-0.3, -0.25) is 14.4 Å². The van der Waals surface area contributed by atoms with Crippen molar-refractivity contribution >= 4 is 17.9 Å². The summed E-state index contributed by atoms with van der Waals surface area (Å²) in [6, 6.07) is 0. The molecule has 0 saturated heterocycles. The summed E-state index contributed by atoms with van der Waals surface area (Å²) in [4.78, 5) is 37.6. The fourth-order valence-corrected chi connectivity index (χ4v) is 6.14. The van der Waals surface area contributed by atoms with Crippen LogP contribution in [0.4, 0.5) is 0 Å². The molecule has 1 atom stereocenters. The van der Waals surface area contributed by atoms with E-state index in [1.54, 1.807) is 0 Å². The number of allylic oxidation sites excluding steroid dienone is 10. The maximum atomic E-state index is 12.7. The predicted octanol–water partition coefficient (Wildman–Crippen LogP) is 14.5. The fourth-order valence-electron chi connectivity index (χ4n) is 6.14. The molecule has 0 amide bonds. The topological polar surface area (TPSA) is 78.9 Å². The summed E-state index contributed by atoms with van der Waals surface area (Å²) in [7, 11) is 0. The maximum absolute atomic E-state index is 12.7. The molecule has 0 aliphatic rings. The quantitative estimate of drug-likeness (QED) is 0.0267. The second kappa shape index (κ2) is 43.8. The molecule has 316 valence electrons. The summed E-state index contributed by atoms with van der Waals surface area (Å²) in [6.45, 7) is 6.42. The Balaban J connectivity index is 4.46. The molecule has 0 rings (SSSR count). The van der Waals surface area contributed by atoms with Crippen LogP contribution < -0.4 is 0 Å². The lowest BCUT2D eigenvalue weighted by atomic mass is 10.0. The van der Waals surface area contributed by atoms with Crippen molar-refractivity contribution in [2.45, 2.75) is 219 Å². The Morgan fingerprint density at radius 1 is 0.382 bits per heavy atom. The van der Waals surface area contributed by atoms with E-state index in [-0.39, 0.29) is 37.5 Å². The first-order valence-electron chi connectivity index (χ1n) is 22.8. The van der Waals surface area contributed by atoms with Crippen molar-refractivity contribution in [3.05, 3.63) is 60.8 Å². The summed E-state index contributed by atoms with van der Waals surface area (Å²) < 4.78 is 16.6. The molecule has 0 radical (unpaired) electrons. The molecule has 0 fully saturated rings. The zero-order valence-corrected chi connectivity index (χ0v) is 35.9. The molecule has 0 aliphatic carbocycles. The van der Waals surface area contributed by atoms with E-state index in [1.807, 2.05) is 12.2 Å². The van der Waals surface area contributed by atoms with E-state index in [4.69, 9.17) is 14.2 Å². The largest absolute Gasteiger partial charge is 0.462 e. The minimum atomic E-state index is -0.797. The van der Waals surface area contributed by atoms with E-state index < -0.39 is 6.10 Å². The first-order valence-corrected chi connectivity index (χ1v) is 22.8. The Bertz CT molecular complexity index is 1020. The third-order valence-electron chi connectivity index (χ3n) is 9.55.